The molecule has 8 heteroatoms. The molecule has 0 amide bonds. The lowest BCUT2D eigenvalue weighted by atomic mass is 10.2. The van der Waals surface area contributed by atoms with Crippen LogP contribution in [0.4, 0.5) is 5.82 Å². The molecule has 0 bridgehead atoms. The van der Waals surface area contributed by atoms with Gasteiger partial charge < -0.3 is 5.73 Å². The van der Waals surface area contributed by atoms with Gasteiger partial charge in [-0.25, -0.2) is 12.7 Å². The summed E-state index contributed by atoms with van der Waals surface area (Å²) < 4.78 is 27.9. The second-order valence-corrected chi connectivity index (χ2v) is 6.84. The van der Waals surface area contributed by atoms with E-state index < -0.39 is 10.0 Å². The van der Waals surface area contributed by atoms with Crippen molar-refractivity contribution in [2.45, 2.75) is 18.2 Å². The van der Waals surface area contributed by atoms with Crippen LogP contribution in [0, 0.1) is 6.92 Å². The molecule has 0 unspecified atom stereocenters. The highest BCUT2D eigenvalue weighted by Gasteiger charge is 2.28. The third-order valence-electron chi connectivity index (χ3n) is 3.44. The minimum Gasteiger partial charge on any atom is -0.381 e. The summed E-state index contributed by atoms with van der Waals surface area (Å²) in [4.78, 5) is 4.02. The Morgan fingerprint density at radius 3 is 2.48 bits per heavy atom. The van der Waals surface area contributed by atoms with Crippen molar-refractivity contribution in [1.82, 2.24) is 19.1 Å². The second kappa shape index (κ2) is 5.82. The van der Waals surface area contributed by atoms with Crippen LogP contribution in [-0.2, 0) is 23.5 Å². The average molecular weight is 309 g/mol. The lowest BCUT2D eigenvalue weighted by molar-refractivity contribution is 0.472. The number of aryl methyl sites for hydroxylation is 1. The molecule has 0 aliphatic heterocycles. The minimum atomic E-state index is -3.64. The standard InChI is InChI=1S/C13H19N5O2S/c1-10-12(13(14)16-18(10)3)21(19,20)17(2)9-6-11-4-7-15-8-5-11/h4-5,7-8H,6,9H2,1-3H3,(H2,14,16). The molecular formula is C13H19N5O2S. The summed E-state index contributed by atoms with van der Waals surface area (Å²) in [5.74, 6) is 0.0331. The average Bonchev–Trinajstić information content (AvgIpc) is 2.71. The summed E-state index contributed by atoms with van der Waals surface area (Å²) >= 11 is 0. The molecule has 2 rings (SSSR count). The number of aromatic nitrogens is 3. The van der Waals surface area contributed by atoms with Gasteiger partial charge in [-0.2, -0.15) is 5.10 Å². The van der Waals surface area contributed by atoms with E-state index in [2.05, 4.69) is 10.1 Å². The van der Waals surface area contributed by atoms with Gasteiger partial charge in [0, 0.05) is 33.0 Å². The van der Waals surface area contributed by atoms with Crippen molar-refractivity contribution in [1.29, 1.82) is 0 Å². The Hall–Kier alpha value is -1.93. The van der Waals surface area contributed by atoms with Gasteiger partial charge in [0.15, 0.2) is 5.82 Å². The topological polar surface area (TPSA) is 94.1 Å². The zero-order valence-electron chi connectivity index (χ0n) is 12.3. The summed E-state index contributed by atoms with van der Waals surface area (Å²) in [5.41, 5.74) is 7.29. The van der Waals surface area contributed by atoms with Crippen molar-refractivity contribution in [3.05, 3.63) is 35.8 Å². The fraction of sp³-hybridized carbons (Fsp3) is 0.385. The quantitative estimate of drug-likeness (QED) is 0.871. The SMILES string of the molecule is Cc1c(S(=O)(=O)N(C)CCc2ccncc2)c(N)nn1C. The van der Waals surface area contributed by atoms with Crippen LogP contribution >= 0.6 is 0 Å². The Balaban J connectivity index is 2.19. The molecule has 0 saturated carbocycles. The first kappa shape index (κ1) is 15.5. The molecule has 0 aliphatic carbocycles. The molecule has 0 fully saturated rings. The third-order valence-corrected chi connectivity index (χ3v) is 5.46. The number of likely N-dealkylation sites (N-methyl/N-ethyl adjacent to an activating group) is 1. The Morgan fingerprint density at radius 2 is 1.95 bits per heavy atom. The number of anilines is 1. The van der Waals surface area contributed by atoms with Crippen LogP contribution in [0.3, 0.4) is 0 Å². The molecule has 0 saturated heterocycles. The first-order chi connectivity index (χ1) is 9.84. The van der Waals surface area contributed by atoms with Gasteiger partial charge in [0.05, 0.1) is 5.69 Å². The highest BCUT2D eigenvalue weighted by Crippen LogP contribution is 2.24. The van der Waals surface area contributed by atoms with Gasteiger partial charge in [-0.05, 0) is 31.0 Å². The van der Waals surface area contributed by atoms with Gasteiger partial charge in [0.1, 0.15) is 4.90 Å². The molecule has 0 radical (unpaired) electrons. The number of nitrogens with two attached hydrogens (primary N) is 1. The van der Waals surface area contributed by atoms with Gasteiger partial charge in [-0.15, -0.1) is 0 Å². The fourth-order valence-corrected chi connectivity index (χ4v) is 3.50. The largest absolute Gasteiger partial charge is 0.381 e. The minimum absolute atomic E-state index is 0.0331. The molecule has 7 nitrogen and oxygen atoms in total. The first-order valence-corrected chi connectivity index (χ1v) is 7.92. The summed E-state index contributed by atoms with van der Waals surface area (Å²) in [7, 11) is -0.428. The number of hydrogen-bond acceptors (Lipinski definition) is 5. The maximum atomic E-state index is 12.6. The van der Waals surface area contributed by atoms with E-state index in [0.717, 1.165) is 5.56 Å². The molecule has 114 valence electrons. The maximum absolute atomic E-state index is 12.6. The molecule has 0 atom stereocenters. The number of rotatable bonds is 5. The number of nitrogen functional groups attached to an aromatic ring is 1. The predicted molar refractivity (Wildman–Crippen MR) is 80.1 cm³/mol. The smallest absolute Gasteiger partial charge is 0.248 e. The second-order valence-electron chi connectivity index (χ2n) is 4.86. The first-order valence-electron chi connectivity index (χ1n) is 6.48. The number of pyridine rings is 1. The molecular weight excluding hydrogens is 290 g/mol. The van der Waals surface area contributed by atoms with Gasteiger partial charge in [0.2, 0.25) is 10.0 Å². The monoisotopic (exact) mass is 309 g/mol. The fourth-order valence-electron chi connectivity index (χ4n) is 2.05. The summed E-state index contributed by atoms with van der Waals surface area (Å²) in [5, 5.41) is 3.96. The number of nitrogens with zero attached hydrogens (tertiary/aromatic N) is 4. The van der Waals surface area contributed by atoms with Crippen LogP contribution in [0.15, 0.2) is 29.4 Å². The molecule has 2 aromatic rings. The number of hydrogen-bond donors (Lipinski definition) is 1. The van der Waals surface area contributed by atoms with Gasteiger partial charge in [-0.3, -0.25) is 9.67 Å². The van der Waals surface area contributed by atoms with E-state index in [1.54, 1.807) is 33.4 Å². The van der Waals surface area contributed by atoms with Crippen molar-refractivity contribution in [3.63, 3.8) is 0 Å². The molecule has 0 aliphatic rings. The van der Waals surface area contributed by atoms with E-state index in [-0.39, 0.29) is 10.7 Å². The van der Waals surface area contributed by atoms with Gasteiger partial charge >= 0.3 is 0 Å². The maximum Gasteiger partial charge on any atom is 0.248 e. The molecule has 2 N–H and O–H groups in total. The molecule has 0 spiro atoms. The Labute approximate surface area is 124 Å². The zero-order valence-corrected chi connectivity index (χ0v) is 13.1. The molecule has 21 heavy (non-hydrogen) atoms. The molecule has 2 heterocycles. The zero-order chi connectivity index (χ0) is 15.6. The van der Waals surface area contributed by atoms with Crippen molar-refractivity contribution < 1.29 is 8.42 Å². The summed E-state index contributed by atoms with van der Waals surface area (Å²) in [6.45, 7) is 2.05. The normalized spacial score (nSPS) is 12.0. The van der Waals surface area contributed by atoms with E-state index in [9.17, 15) is 8.42 Å². The lowest BCUT2D eigenvalue weighted by Gasteiger charge is -2.17. The third kappa shape index (κ3) is 3.06. The van der Waals surface area contributed by atoms with Crippen molar-refractivity contribution in [2.75, 3.05) is 19.3 Å². The van der Waals surface area contributed by atoms with E-state index in [0.29, 0.717) is 18.7 Å². The Kier molecular flexibility index (Phi) is 4.29. The summed E-state index contributed by atoms with van der Waals surface area (Å²) in [6, 6.07) is 3.73. The van der Waals surface area contributed by atoms with Crippen LogP contribution in [0.2, 0.25) is 0 Å². The Bertz CT molecular complexity index is 725. The highest BCUT2D eigenvalue weighted by atomic mass is 32.2. The van der Waals surface area contributed by atoms with E-state index >= 15 is 0 Å². The number of sulfonamides is 1. The van der Waals surface area contributed by atoms with Gasteiger partial charge in [0.25, 0.3) is 0 Å². The predicted octanol–water partition coefficient (Wildman–Crippen LogP) is 0.569. The van der Waals surface area contributed by atoms with Crippen molar-refractivity contribution in [2.24, 2.45) is 7.05 Å². The summed E-state index contributed by atoms with van der Waals surface area (Å²) in [6.07, 6.45) is 3.98. The van der Waals surface area contributed by atoms with Crippen molar-refractivity contribution in [3.8, 4) is 0 Å². The van der Waals surface area contributed by atoms with Crippen LogP contribution in [-0.4, -0.2) is 41.1 Å². The van der Waals surface area contributed by atoms with Crippen LogP contribution in [0.1, 0.15) is 11.3 Å². The van der Waals surface area contributed by atoms with Crippen LogP contribution in [0.25, 0.3) is 0 Å². The van der Waals surface area contributed by atoms with E-state index in [4.69, 9.17) is 5.73 Å². The Morgan fingerprint density at radius 1 is 1.33 bits per heavy atom. The highest BCUT2D eigenvalue weighted by molar-refractivity contribution is 7.89. The molecule has 2 aromatic heterocycles. The molecule has 0 aromatic carbocycles. The van der Waals surface area contributed by atoms with Crippen LogP contribution < -0.4 is 5.73 Å². The lowest BCUT2D eigenvalue weighted by Crippen LogP contribution is -2.30. The van der Waals surface area contributed by atoms with E-state index in [1.807, 2.05) is 12.1 Å². The van der Waals surface area contributed by atoms with Crippen molar-refractivity contribution >= 4 is 15.8 Å². The van der Waals surface area contributed by atoms with Crippen LogP contribution in [0.5, 0.6) is 0 Å². The van der Waals surface area contributed by atoms with E-state index in [1.165, 1.54) is 8.99 Å². The van der Waals surface area contributed by atoms with Gasteiger partial charge in [-0.1, -0.05) is 0 Å².